The summed E-state index contributed by atoms with van der Waals surface area (Å²) in [5, 5.41) is 20.0. The number of amides is 1. The van der Waals surface area contributed by atoms with Gasteiger partial charge in [-0.3, -0.25) is 4.79 Å². The van der Waals surface area contributed by atoms with Crippen molar-refractivity contribution in [1.29, 1.82) is 0 Å². The van der Waals surface area contributed by atoms with Crippen molar-refractivity contribution in [3.63, 3.8) is 0 Å². The number of carbonyl (C=O) groups is 2. The van der Waals surface area contributed by atoms with Crippen molar-refractivity contribution < 1.29 is 19.8 Å². The van der Waals surface area contributed by atoms with Crippen molar-refractivity contribution >= 4 is 28.9 Å². The molecule has 1 aromatic heterocycles. The van der Waals surface area contributed by atoms with Gasteiger partial charge in [-0.15, -0.1) is 11.3 Å². The zero-order valence-corrected chi connectivity index (χ0v) is 20.6. The lowest BCUT2D eigenvalue weighted by atomic mass is 9.79. The predicted octanol–water partition coefficient (Wildman–Crippen LogP) is 5.47. The van der Waals surface area contributed by atoms with E-state index in [0.29, 0.717) is 42.7 Å². The van der Waals surface area contributed by atoms with Crippen LogP contribution in [0.5, 0.6) is 0 Å². The first-order chi connectivity index (χ1) is 15.0. The number of carbonyl (C=O) groups excluding carboxylic acids is 1. The highest BCUT2D eigenvalue weighted by Crippen LogP contribution is 2.39. The summed E-state index contributed by atoms with van der Waals surface area (Å²) in [4.78, 5) is 28.6. The van der Waals surface area contributed by atoms with E-state index in [1.165, 1.54) is 5.57 Å². The first-order valence-corrected chi connectivity index (χ1v) is 12.3. The minimum Gasteiger partial charge on any atom is -0.477 e. The molecule has 6 heteroatoms. The number of allylic oxidation sites excluding steroid dienone is 2. The van der Waals surface area contributed by atoms with E-state index in [9.17, 15) is 19.8 Å². The molecular formula is C26H35NO4S. The maximum Gasteiger partial charge on any atom is 0.348 e. The average Bonchev–Trinajstić information content (AvgIpc) is 3.12. The van der Waals surface area contributed by atoms with Crippen LogP contribution in [0.4, 0.5) is 5.69 Å². The molecule has 1 saturated carbocycles. The Kier molecular flexibility index (Phi) is 7.52. The second-order valence-corrected chi connectivity index (χ2v) is 11.4. The van der Waals surface area contributed by atoms with E-state index in [1.54, 1.807) is 11.0 Å². The van der Waals surface area contributed by atoms with Gasteiger partial charge in [0.25, 0.3) is 0 Å². The van der Waals surface area contributed by atoms with Crippen LogP contribution in [0.25, 0.3) is 0 Å². The Morgan fingerprint density at radius 3 is 2.41 bits per heavy atom. The van der Waals surface area contributed by atoms with E-state index in [2.05, 4.69) is 31.8 Å². The van der Waals surface area contributed by atoms with E-state index in [0.717, 1.165) is 17.8 Å². The number of hydrogen-bond acceptors (Lipinski definition) is 4. The van der Waals surface area contributed by atoms with Gasteiger partial charge in [0.1, 0.15) is 4.88 Å². The Bertz CT molecular complexity index is 951. The monoisotopic (exact) mass is 457 g/mol. The number of hydrogen-bond donors (Lipinski definition) is 2. The number of aliphatic hydroxyl groups excluding tert-OH is 1. The van der Waals surface area contributed by atoms with Crippen LogP contribution in [0.3, 0.4) is 0 Å². The van der Waals surface area contributed by atoms with E-state index in [-0.39, 0.29) is 40.2 Å². The second kappa shape index (κ2) is 9.80. The lowest BCUT2D eigenvalue weighted by Gasteiger charge is -2.39. The van der Waals surface area contributed by atoms with Crippen LogP contribution in [-0.4, -0.2) is 34.2 Å². The number of nitrogens with zero attached hydrogens (tertiary/aromatic N) is 1. The zero-order valence-electron chi connectivity index (χ0n) is 19.8. The third kappa shape index (κ3) is 5.82. The lowest BCUT2D eigenvalue weighted by molar-refractivity contribution is -0.124. The molecule has 3 rings (SSSR count). The van der Waals surface area contributed by atoms with Crippen molar-refractivity contribution in [3.8, 4) is 11.8 Å². The average molecular weight is 458 g/mol. The van der Waals surface area contributed by atoms with Crippen LogP contribution < -0.4 is 4.90 Å². The first kappa shape index (κ1) is 24.5. The molecule has 0 aromatic carbocycles. The van der Waals surface area contributed by atoms with Crippen LogP contribution in [0, 0.1) is 29.1 Å². The molecule has 2 atom stereocenters. The minimum absolute atomic E-state index is 0.00160. The molecule has 1 aromatic rings. The molecule has 1 fully saturated rings. The fourth-order valence-electron chi connectivity index (χ4n) is 4.65. The van der Waals surface area contributed by atoms with Gasteiger partial charge in [-0.2, -0.15) is 0 Å². The highest BCUT2D eigenvalue weighted by Gasteiger charge is 2.38. The molecule has 2 aliphatic rings. The molecule has 2 aliphatic carbocycles. The molecule has 5 nitrogen and oxygen atoms in total. The normalized spacial score (nSPS) is 26.0. The quantitative estimate of drug-likeness (QED) is 0.464. The number of rotatable bonds is 4. The molecule has 0 bridgehead atoms. The first-order valence-electron chi connectivity index (χ1n) is 11.5. The number of carboxylic acid groups (broad SMARTS) is 1. The maximum absolute atomic E-state index is 13.9. The third-order valence-electron chi connectivity index (χ3n) is 6.36. The van der Waals surface area contributed by atoms with E-state index in [4.69, 9.17) is 0 Å². The molecule has 0 unspecified atom stereocenters. The predicted molar refractivity (Wildman–Crippen MR) is 129 cm³/mol. The van der Waals surface area contributed by atoms with Crippen LogP contribution in [-0.2, 0) is 4.79 Å². The van der Waals surface area contributed by atoms with Crippen molar-refractivity contribution in [3.05, 3.63) is 27.5 Å². The summed E-state index contributed by atoms with van der Waals surface area (Å²) in [6.45, 7) is 10.2. The number of carboxylic acids is 1. The molecule has 0 saturated heterocycles. The summed E-state index contributed by atoms with van der Waals surface area (Å²) in [6.07, 6.45) is 5.93. The summed E-state index contributed by atoms with van der Waals surface area (Å²) in [7, 11) is 0. The van der Waals surface area contributed by atoms with Crippen molar-refractivity contribution in [2.75, 3.05) is 4.90 Å². The summed E-state index contributed by atoms with van der Waals surface area (Å²) in [6, 6.07) is 1.67. The number of anilines is 1. The molecular weight excluding hydrogens is 422 g/mol. The molecule has 174 valence electrons. The SMILES string of the molecule is CC1=CC[C@@H](C(=O)N(c2cc(C#CC(C)(C)C)sc2C(=O)O)C2CCC(O)CC2)[C@@H](C)C1. The summed E-state index contributed by atoms with van der Waals surface area (Å²) in [5.41, 5.74) is 1.56. The Balaban J connectivity index is 2.04. The highest BCUT2D eigenvalue weighted by atomic mass is 32.1. The van der Waals surface area contributed by atoms with E-state index in [1.807, 2.05) is 20.8 Å². The minimum atomic E-state index is -1.03. The largest absolute Gasteiger partial charge is 0.477 e. The van der Waals surface area contributed by atoms with Gasteiger partial charge in [0, 0.05) is 17.4 Å². The Hall–Kier alpha value is -2.10. The van der Waals surface area contributed by atoms with Crippen LogP contribution in [0.15, 0.2) is 17.7 Å². The van der Waals surface area contributed by atoms with E-state index < -0.39 is 5.97 Å². The maximum atomic E-state index is 13.9. The van der Waals surface area contributed by atoms with E-state index >= 15 is 0 Å². The highest BCUT2D eigenvalue weighted by molar-refractivity contribution is 7.15. The van der Waals surface area contributed by atoms with Crippen LogP contribution >= 0.6 is 11.3 Å². The Morgan fingerprint density at radius 1 is 1.19 bits per heavy atom. The van der Waals surface area contributed by atoms with Gasteiger partial charge in [-0.25, -0.2) is 4.79 Å². The summed E-state index contributed by atoms with van der Waals surface area (Å²) < 4.78 is 0. The number of aliphatic hydroxyl groups is 1. The second-order valence-electron chi connectivity index (χ2n) is 10.4. The molecule has 2 N–H and O–H groups in total. The smallest absolute Gasteiger partial charge is 0.348 e. The van der Waals surface area contributed by atoms with Gasteiger partial charge in [0.2, 0.25) is 5.91 Å². The topological polar surface area (TPSA) is 77.8 Å². The zero-order chi connectivity index (χ0) is 23.6. The standard InChI is InChI=1S/C26H35NO4S/c1-16-6-11-21(17(2)14-16)24(29)27(18-7-9-19(28)10-8-18)22-15-20(12-13-26(3,4)5)32-23(22)25(30)31/h6,15,17-19,21,28H,7-11,14H2,1-5H3,(H,30,31)/t17-,18?,19?,21+/m0/s1. The van der Waals surface area contributed by atoms with Gasteiger partial charge >= 0.3 is 5.97 Å². The summed E-state index contributed by atoms with van der Waals surface area (Å²) >= 11 is 1.14. The van der Waals surface area contributed by atoms with Gasteiger partial charge < -0.3 is 15.1 Å². The van der Waals surface area contributed by atoms with Crippen molar-refractivity contribution in [1.82, 2.24) is 0 Å². The summed E-state index contributed by atoms with van der Waals surface area (Å²) in [5.74, 6) is 5.29. The molecule has 32 heavy (non-hydrogen) atoms. The van der Waals surface area contributed by atoms with Gasteiger partial charge in [0.05, 0.1) is 16.7 Å². The molecule has 0 radical (unpaired) electrons. The van der Waals surface area contributed by atoms with Crippen molar-refractivity contribution in [2.24, 2.45) is 17.3 Å². The van der Waals surface area contributed by atoms with Gasteiger partial charge in [0.15, 0.2) is 0 Å². The van der Waals surface area contributed by atoms with Gasteiger partial charge in [-0.05, 0) is 78.2 Å². The molecule has 0 spiro atoms. The fourth-order valence-corrected chi connectivity index (χ4v) is 5.49. The van der Waals surface area contributed by atoms with Gasteiger partial charge in [-0.1, -0.05) is 30.4 Å². The van der Waals surface area contributed by atoms with Crippen LogP contribution in [0.1, 0.15) is 87.7 Å². The Morgan fingerprint density at radius 2 is 1.84 bits per heavy atom. The third-order valence-corrected chi connectivity index (χ3v) is 7.39. The van der Waals surface area contributed by atoms with Crippen LogP contribution in [0.2, 0.25) is 0 Å². The molecule has 1 amide bonds. The lowest BCUT2D eigenvalue weighted by Crippen LogP contribution is -2.48. The molecule has 0 aliphatic heterocycles. The number of thiophene rings is 1. The number of aromatic carboxylic acids is 1. The fraction of sp³-hybridized carbons (Fsp3) is 0.615. The Labute approximate surface area is 195 Å². The molecule has 1 heterocycles. The van der Waals surface area contributed by atoms with Crippen molar-refractivity contribution in [2.45, 2.75) is 85.3 Å².